The summed E-state index contributed by atoms with van der Waals surface area (Å²) in [5.41, 5.74) is 1.61. The highest BCUT2D eigenvalue weighted by Crippen LogP contribution is 2.21. The molecule has 2 amide bonds. The number of nitrogens with zero attached hydrogens (tertiary/aromatic N) is 2. The molecule has 0 bridgehead atoms. The highest BCUT2D eigenvalue weighted by molar-refractivity contribution is 7.89. The number of carbonyl (C=O) groups excluding carboxylic acids is 2. The SMILES string of the molecule is CCNC(=O)[C@H](Cc1ccccc1)N(Cc1cccc(OC)c1)C(=O)CN(C)S(=O)(=O)c1ccc(Cl)cc1. The first-order chi connectivity index (χ1) is 18.1. The van der Waals surface area contributed by atoms with E-state index in [4.69, 9.17) is 16.3 Å². The third-order valence-corrected chi connectivity index (χ3v) is 8.06. The van der Waals surface area contributed by atoms with Crippen LogP contribution in [0.5, 0.6) is 5.75 Å². The van der Waals surface area contributed by atoms with Crippen molar-refractivity contribution < 1.29 is 22.7 Å². The zero-order valence-corrected chi connectivity index (χ0v) is 23.2. The fourth-order valence-electron chi connectivity index (χ4n) is 3.97. The molecule has 0 fully saturated rings. The largest absolute Gasteiger partial charge is 0.497 e. The predicted octanol–water partition coefficient (Wildman–Crippen LogP) is 3.75. The molecule has 0 saturated carbocycles. The molecule has 0 aliphatic rings. The number of sulfonamides is 1. The summed E-state index contributed by atoms with van der Waals surface area (Å²) in [5, 5.41) is 3.22. The topological polar surface area (TPSA) is 96.0 Å². The van der Waals surface area contributed by atoms with Crippen LogP contribution in [-0.4, -0.2) is 62.7 Å². The molecule has 0 heterocycles. The number of carbonyl (C=O) groups is 2. The van der Waals surface area contributed by atoms with Crippen LogP contribution < -0.4 is 10.1 Å². The maximum atomic E-state index is 13.8. The van der Waals surface area contributed by atoms with Crippen LogP contribution in [0.25, 0.3) is 0 Å². The normalized spacial score (nSPS) is 12.1. The second-order valence-electron chi connectivity index (χ2n) is 8.69. The van der Waals surface area contributed by atoms with Gasteiger partial charge in [0.1, 0.15) is 11.8 Å². The summed E-state index contributed by atoms with van der Waals surface area (Å²) in [6.07, 6.45) is 0.260. The molecule has 202 valence electrons. The molecule has 3 aromatic rings. The Morgan fingerprint density at radius 2 is 1.63 bits per heavy atom. The Bertz CT molecular complexity index is 1330. The van der Waals surface area contributed by atoms with E-state index in [0.717, 1.165) is 15.4 Å². The van der Waals surface area contributed by atoms with Gasteiger partial charge >= 0.3 is 0 Å². The monoisotopic (exact) mass is 557 g/mol. The summed E-state index contributed by atoms with van der Waals surface area (Å²) in [7, 11) is -1.09. The van der Waals surface area contributed by atoms with Crippen LogP contribution >= 0.6 is 11.6 Å². The van der Waals surface area contributed by atoms with Crippen molar-refractivity contribution in [2.45, 2.75) is 30.8 Å². The lowest BCUT2D eigenvalue weighted by atomic mass is 10.0. The molecule has 8 nitrogen and oxygen atoms in total. The number of methoxy groups -OCH3 is 1. The maximum Gasteiger partial charge on any atom is 0.243 e. The molecule has 3 aromatic carbocycles. The van der Waals surface area contributed by atoms with E-state index in [1.54, 1.807) is 32.2 Å². The zero-order valence-electron chi connectivity index (χ0n) is 21.6. The maximum absolute atomic E-state index is 13.8. The summed E-state index contributed by atoms with van der Waals surface area (Å²) < 4.78 is 32.6. The lowest BCUT2D eigenvalue weighted by Gasteiger charge is -2.32. The van der Waals surface area contributed by atoms with E-state index in [2.05, 4.69) is 5.32 Å². The molecule has 38 heavy (non-hydrogen) atoms. The molecular weight excluding hydrogens is 526 g/mol. The first kappa shape index (κ1) is 29.2. The molecule has 0 unspecified atom stereocenters. The fourth-order valence-corrected chi connectivity index (χ4v) is 5.21. The summed E-state index contributed by atoms with van der Waals surface area (Å²) in [5.74, 6) is -0.231. The van der Waals surface area contributed by atoms with E-state index in [-0.39, 0.29) is 23.8 Å². The molecule has 0 aliphatic heterocycles. The molecule has 1 N–H and O–H groups in total. The van der Waals surface area contributed by atoms with Crippen LogP contribution in [0.3, 0.4) is 0 Å². The van der Waals surface area contributed by atoms with Crippen LogP contribution in [0.1, 0.15) is 18.1 Å². The van der Waals surface area contributed by atoms with Gasteiger partial charge in [-0.3, -0.25) is 9.59 Å². The number of amides is 2. The minimum atomic E-state index is -3.98. The van der Waals surface area contributed by atoms with Gasteiger partial charge < -0.3 is 15.0 Å². The van der Waals surface area contributed by atoms with E-state index in [1.807, 2.05) is 36.4 Å². The molecule has 0 aromatic heterocycles. The van der Waals surface area contributed by atoms with Crippen LogP contribution in [0.2, 0.25) is 5.02 Å². The van der Waals surface area contributed by atoms with Crippen LogP contribution in [0.15, 0.2) is 83.8 Å². The lowest BCUT2D eigenvalue weighted by Crippen LogP contribution is -2.53. The minimum absolute atomic E-state index is 0.0149. The Labute approximate surface area is 229 Å². The van der Waals surface area contributed by atoms with Crippen LogP contribution in [0.4, 0.5) is 0 Å². The van der Waals surface area contributed by atoms with Gasteiger partial charge in [-0.15, -0.1) is 0 Å². The van der Waals surface area contributed by atoms with Gasteiger partial charge in [-0.2, -0.15) is 4.31 Å². The van der Waals surface area contributed by atoms with Crippen molar-refractivity contribution in [2.75, 3.05) is 27.2 Å². The number of halogens is 1. The number of ether oxygens (including phenoxy) is 1. The number of rotatable bonds is 12. The van der Waals surface area contributed by atoms with Gasteiger partial charge in [-0.25, -0.2) is 8.42 Å². The second-order valence-corrected chi connectivity index (χ2v) is 11.2. The average Bonchev–Trinajstić information content (AvgIpc) is 2.91. The van der Waals surface area contributed by atoms with Gasteiger partial charge in [-0.1, -0.05) is 54.1 Å². The van der Waals surface area contributed by atoms with Gasteiger partial charge in [0.15, 0.2) is 0 Å². The van der Waals surface area contributed by atoms with Crippen molar-refractivity contribution >= 4 is 33.4 Å². The standard InChI is InChI=1S/C28H32ClN3O5S/c1-4-30-28(34)26(18-21-9-6-5-7-10-21)32(19-22-11-8-12-24(17-22)37-3)27(33)20-31(2)38(35,36)25-15-13-23(29)14-16-25/h5-17,26H,4,18-20H2,1-3H3,(H,30,34)/t26-/m0/s1. The van der Waals surface area contributed by atoms with Gasteiger partial charge in [0.05, 0.1) is 18.6 Å². The van der Waals surface area contributed by atoms with Crippen molar-refractivity contribution in [1.82, 2.24) is 14.5 Å². The summed E-state index contributed by atoms with van der Waals surface area (Å²) in [4.78, 5) is 28.5. The number of benzene rings is 3. The van der Waals surface area contributed by atoms with Gasteiger partial charge in [0.2, 0.25) is 21.8 Å². The molecule has 0 spiro atoms. The Balaban J connectivity index is 1.96. The first-order valence-corrected chi connectivity index (χ1v) is 13.9. The van der Waals surface area contributed by atoms with Crippen molar-refractivity contribution in [2.24, 2.45) is 0 Å². The number of nitrogens with one attached hydrogen (secondary N) is 1. The molecule has 0 aliphatic carbocycles. The van der Waals surface area contributed by atoms with Gasteiger partial charge in [0.25, 0.3) is 0 Å². The van der Waals surface area contributed by atoms with E-state index in [9.17, 15) is 18.0 Å². The second kappa shape index (κ2) is 13.4. The number of likely N-dealkylation sites (N-methyl/N-ethyl adjacent to an activating group) is 2. The summed E-state index contributed by atoms with van der Waals surface area (Å²) in [6.45, 7) is 1.81. The quantitative estimate of drug-likeness (QED) is 0.366. The van der Waals surface area contributed by atoms with Crippen molar-refractivity contribution in [1.29, 1.82) is 0 Å². The molecule has 10 heteroatoms. The van der Waals surface area contributed by atoms with Crippen LogP contribution in [0, 0.1) is 0 Å². The summed E-state index contributed by atoms with van der Waals surface area (Å²) in [6, 6.07) is 21.4. The van der Waals surface area contributed by atoms with Crippen molar-refractivity contribution in [3.63, 3.8) is 0 Å². The van der Waals surface area contributed by atoms with E-state index in [1.165, 1.54) is 36.2 Å². The fraction of sp³-hybridized carbons (Fsp3) is 0.286. The molecule has 0 saturated heterocycles. The van der Waals surface area contributed by atoms with Gasteiger partial charge in [-0.05, 0) is 54.4 Å². The molecule has 3 rings (SSSR count). The molecular formula is C28H32ClN3O5S. The van der Waals surface area contributed by atoms with Gasteiger partial charge in [0, 0.05) is 31.6 Å². The van der Waals surface area contributed by atoms with E-state index >= 15 is 0 Å². The third-order valence-electron chi connectivity index (χ3n) is 5.99. The van der Waals surface area contributed by atoms with Crippen molar-refractivity contribution in [3.05, 3.63) is 95.0 Å². The Kier molecular flexibility index (Phi) is 10.3. The van der Waals surface area contributed by atoms with E-state index in [0.29, 0.717) is 17.3 Å². The van der Waals surface area contributed by atoms with E-state index < -0.39 is 28.5 Å². The highest BCUT2D eigenvalue weighted by atomic mass is 35.5. The smallest absolute Gasteiger partial charge is 0.243 e. The predicted molar refractivity (Wildman–Crippen MR) is 147 cm³/mol. The number of hydrogen-bond donors (Lipinski definition) is 1. The first-order valence-electron chi connectivity index (χ1n) is 12.1. The molecule has 0 radical (unpaired) electrons. The van der Waals surface area contributed by atoms with Crippen molar-refractivity contribution in [3.8, 4) is 5.75 Å². The lowest BCUT2D eigenvalue weighted by molar-refractivity contribution is -0.141. The zero-order chi connectivity index (χ0) is 27.7. The van der Waals surface area contributed by atoms with Crippen LogP contribution in [-0.2, 0) is 32.6 Å². The Morgan fingerprint density at radius 1 is 0.974 bits per heavy atom. The minimum Gasteiger partial charge on any atom is -0.497 e. The highest BCUT2D eigenvalue weighted by Gasteiger charge is 2.33. The molecule has 1 atom stereocenters. The average molecular weight is 558 g/mol. The Hall–Kier alpha value is -3.40. The number of hydrogen-bond acceptors (Lipinski definition) is 5. The third kappa shape index (κ3) is 7.56. The summed E-state index contributed by atoms with van der Waals surface area (Å²) >= 11 is 5.91. The Morgan fingerprint density at radius 3 is 2.26 bits per heavy atom.